The third-order valence-corrected chi connectivity index (χ3v) is 6.39. The van der Waals surface area contributed by atoms with Gasteiger partial charge in [-0.25, -0.2) is 4.98 Å². The van der Waals surface area contributed by atoms with Crippen molar-refractivity contribution in [3.05, 3.63) is 29.6 Å². The Kier molecular flexibility index (Phi) is 7.33. The average molecular weight is 420 g/mol. The highest BCUT2D eigenvalue weighted by atomic mass is 32.2. The number of amides is 2. The normalized spacial score (nSPS) is 16.6. The minimum Gasteiger partial charge on any atom is -0.497 e. The molecule has 28 heavy (non-hydrogen) atoms. The summed E-state index contributed by atoms with van der Waals surface area (Å²) >= 11 is 2.74. The molecule has 8 heteroatoms. The molecule has 1 N–H and O–H groups in total. The Bertz CT molecular complexity index is 807. The average Bonchev–Trinajstić information content (AvgIpc) is 3.16. The first-order valence-electron chi connectivity index (χ1n) is 9.34. The first kappa shape index (κ1) is 20.7. The van der Waals surface area contributed by atoms with Gasteiger partial charge in [0.1, 0.15) is 5.75 Å². The number of hydrogen-bond donors (Lipinski definition) is 1. The van der Waals surface area contributed by atoms with Crippen molar-refractivity contribution < 1.29 is 14.3 Å². The number of thiazole rings is 1. The van der Waals surface area contributed by atoms with Crippen molar-refractivity contribution in [2.75, 3.05) is 30.5 Å². The number of aromatic nitrogens is 1. The lowest BCUT2D eigenvalue weighted by Crippen LogP contribution is -2.43. The van der Waals surface area contributed by atoms with E-state index in [0.717, 1.165) is 36.4 Å². The van der Waals surface area contributed by atoms with Gasteiger partial charge in [0.15, 0.2) is 5.13 Å². The number of benzene rings is 1. The first-order chi connectivity index (χ1) is 13.6. The van der Waals surface area contributed by atoms with Gasteiger partial charge in [0, 0.05) is 23.5 Å². The number of rotatable bonds is 7. The van der Waals surface area contributed by atoms with Crippen molar-refractivity contribution in [3.8, 4) is 17.0 Å². The topological polar surface area (TPSA) is 71.5 Å². The van der Waals surface area contributed by atoms with Crippen LogP contribution in [-0.4, -0.2) is 52.9 Å². The largest absolute Gasteiger partial charge is 0.497 e. The van der Waals surface area contributed by atoms with E-state index >= 15 is 0 Å². The lowest BCUT2D eigenvalue weighted by Gasteiger charge is -2.33. The molecule has 1 atom stereocenters. The second-order valence-corrected chi connectivity index (χ2v) is 8.58. The van der Waals surface area contributed by atoms with E-state index in [4.69, 9.17) is 4.74 Å². The van der Waals surface area contributed by atoms with Gasteiger partial charge in [0.2, 0.25) is 11.8 Å². The van der Waals surface area contributed by atoms with Crippen LogP contribution < -0.4 is 10.1 Å². The number of nitrogens with zero attached hydrogens (tertiary/aromatic N) is 2. The molecule has 2 heterocycles. The van der Waals surface area contributed by atoms with Gasteiger partial charge >= 0.3 is 0 Å². The van der Waals surface area contributed by atoms with Crippen LogP contribution in [0.15, 0.2) is 29.6 Å². The van der Waals surface area contributed by atoms with E-state index in [1.165, 1.54) is 29.5 Å². The van der Waals surface area contributed by atoms with Gasteiger partial charge in [-0.05, 0) is 50.5 Å². The highest BCUT2D eigenvalue weighted by Gasteiger charge is 2.23. The molecule has 150 valence electrons. The van der Waals surface area contributed by atoms with Gasteiger partial charge in [0.25, 0.3) is 0 Å². The molecule has 1 aromatic carbocycles. The van der Waals surface area contributed by atoms with E-state index in [2.05, 4.69) is 17.2 Å². The molecule has 2 amide bonds. The maximum Gasteiger partial charge on any atom is 0.236 e. The molecule has 1 fully saturated rings. The number of likely N-dealkylation sites (tertiary alicyclic amines) is 1. The summed E-state index contributed by atoms with van der Waals surface area (Å²) in [4.78, 5) is 30.9. The quantitative estimate of drug-likeness (QED) is 0.737. The van der Waals surface area contributed by atoms with Crippen molar-refractivity contribution in [2.24, 2.45) is 0 Å². The van der Waals surface area contributed by atoms with Crippen LogP contribution >= 0.6 is 23.1 Å². The van der Waals surface area contributed by atoms with E-state index < -0.39 is 0 Å². The standard InChI is InChI=1S/C20H25N3O3S2/c1-14-5-3-4-10-23(14)19(25)13-27-12-18(24)22-20-21-17(11-28-20)15-6-8-16(26-2)9-7-15/h6-9,11,14H,3-5,10,12-13H2,1-2H3,(H,21,22,24)/t14-/m0/s1. The van der Waals surface area contributed by atoms with Crippen molar-refractivity contribution in [3.63, 3.8) is 0 Å². The van der Waals surface area contributed by atoms with Crippen molar-refractivity contribution in [1.82, 2.24) is 9.88 Å². The Balaban J connectivity index is 1.44. The predicted molar refractivity (Wildman–Crippen MR) is 115 cm³/mol. The van der Waals surface area contributed by atoms with Crippen molar-refractivity contribution >= 4 is 40.0 Å². The molecule has 0 bridgehead atoms. The van der Waals surface area contributed by atoms with Gasteiger partial charge in [-0.15, -0.1) is 23.1 Å². The molecule has 1 aromatic heterocycles. The molecule has 1 saturated heterocycles. The molecule has 1 aliphatic heterocycles. The summed E-state index contributed by atoms with van der Waals surface area (Å²) in [5, 5.41) is 5.29. The summed E-state index contributed by atoms with van der Waals surface area (Å²) in [6, 6.07) is 7.93. The smallest absolute Gasteiger partial charge is 0.236 e. The summed E-state index contributed by atoms with van der Waals surface area (Å²) in [6.07, 6.45) is 3.33. The zero-order valence-electron chi connectivity index (χ0n) is 16.1. The molecule has 0 saturated carbocycles. The molecule has 1 aliphatic rings. The molecule has 0 spiro atoms. The number of carbonyl (C=O) groups excluding carboxylic acids is 2. The van der Waals surface area contributed by atoms with Gasteiger partial charge in [-0.2, -0.15) is 0 Å². The predicted octanol–water partition coefficient (Wildman–Crippen LogP) is 3.89. The highest BCUT2D eigenvalue weighted by molar-refractivity contribution is 8.00. The second-order valence-electron chi connectivity index (χ2n) is 6.74. The maximum absolute atomic E-state index is 12.3. The third kappa shape index (κ3) is 5.48. The summed E-state index contributed by atoms with van der Waals surface area (Å²) in [5.41, 5.74) is 1.78. The number of ether oxygens (including phenoxy) is 1. The molecular formula is C20H25N3O3S2. The number of carbonyl (C=O) groups is 2. The van der Waals surface area contributed by atoms with Gasteiger partial charge in [0.05, 0.1) is 24.3 Å². The van der Waals surface area contributed by atoms with Gasteiger partial charge < -0.3 is 15.0 Å². The van der Waals surface area contributed by atoms with E-state index in [9.17, 15) is 9.59 Å². The Morgan fingerprint density at radius 1 is 1.29 bits per heavy atom. The summed E-state index contributed by atoms with van der Waals surface area (Å²) in [5.74, 6) is 1.36. The van der Waals surface area contributed by atoms with Gasteiger partial charge in [-0.1, -0.05) is 0 Å². The molecular weight excluding hydrogens is 394 g/mol. The summed E-state index contributed by atoms with van der Waals surface area (Å²) < 4.78 is 5.16. The van der Waals surface area contributed by atoms with E-state index in [1.54, 1.807) is 7.11 Å². The molecule has 0 unspecified atom stereocenters. The summed E-state index contributed by atoms with van der Waals surface area (Å²) in [7, 11) is 1.63. The SMILES string of the molecule is COc1ccc(-c2csc(NC(=O)CSCC(=O)N3CCCC[C@@H]3C)n2)cc1. The molecule has 0 radical (unpaired) electrons. The lowest BCUT2D eigenvalue weighted by molar-refractivity contribution is -0.131. The monoisotopic (exact) mass is 419 g/mol. The van der Waals surface area contributed by atoms with Crippen LogP contribution in [0, 0.1) is 0 Å². The number of methoxy groups -OCH3 is 1. The molecule has 3 rings (SSSR count). The lowest BCUT2D eigenvalue weighted by atomic mass is 10.0. The zero-order chi connectivity index (χ0) is 19.9. The number of hydrogen-bond acceptors (Lipinski definition) is 6. The Labute approximate surface area is 173 Å². The van der Waals surface area contributed by atoms with Crippen LogP contribution in [0.3, 0.4) is 0 Å². The Hall–Kier alpha value is -2.06. The van der Waals surface area contributed by atoms with Crippen LogP contribution in [0.5, 0.6) is 5.75 Å². The van der Waals surface area contributed by atoms with Crippen LogP contribution in [0.25, 0.3) is 11.3 Å². The van der Waals surface area contributed by atoms with Crippen molar-refractivity contribution in [1.29, 1.82) is 0 Å². The minimum absolute atomic E-state index is 0.126. The zero-order valence-corrected chi connectivity index (χ0v) is 17.8. The number of piperidine rings is 1. The third-order valence-electron chi connectivity index (χ3n) is 4.72. The van der Waals surface area contributed by atoms with Crippen LogP contribution in [-0.2, 0) is 9.59 Å². The maximum atomic E-state index is 12.3. The van der Waals surface area contributed by atoms with Gasteiger partial charge in [-0.3, -0.25) is 9.59 Å². The Morgan fingerprint density at radius 3 is 2.79 bits per heavy atom. The highest BCUT2D eigenvalue weighted by Crippen LogP contribution is 2.26. The number of thioether (sulfide) groups is 1. The number of nitrogens with one attached hydrogen (secondary N) is 1. The van der Waals surface area contributed by atoms with E-state index in [1.807, 2.05) is 34.5 Å². The first-order valence-corrected chi connectivity index (χ1v) is 11.4. The van der Waals surface area contributed by atoms with Crippen LogP contribution in [0.4, 0.5) is 5.13 Å². The second kappa shape index (κ2) is 9.93. The van der Waals surface area contributed by atoms with E-state index in [0.29, 0.717) is 16.9 Å². The Morgan fingerprint density at radius 2 is 2.07 bits per heavy atom. The van der Waals surface area contributed by atoms with Crippen LogP contribution in [0.1, 0.15) is 26.2 Å². The molecule has 2 aromatic rings. The summed E-state index contributed by atoms with van der Waals surface area (Å²) in [6.45, 7) is 2.93. The van der Waals surface area contributed by atoms with Crippen molar-refractivity contribution in [2.45, 2.75) is 32.2 Å². The van der Waals surface area contributed by atoms with E-state index in [-0.39, 0.29) is 17.6 Å². The fourth-order valence-electron chi connectivity index (χ4n) is 3.16. The van der Waals surface area contributed by atoms with Crippen LogP contribution in [0.2, 0.25) is 0 Å². The molecule has 6 nitrogen and oxygen atoms in total. The fourth-order valence-corrected chi connectivity index (χ4v) is 4.60. The minimum atomic E-state index is -0.139. The number of anilines is 1. The molecule has 0 aliphatic carbocycles. The fraction of sp³-hybridized carbons (Fsp3) is 0.450.